The molecule has 0 radical (unpaired) electrons. The van der Waals surface area contributed by atoms with Crippen LogP contribution in [0.15, 0.2) is 18.3 Å². The van der Waals surface area contributed by atoms with Crippen molar-refractivity contribution in [2.75, 3.05) is 33.6 Å². The second-order valence-corrected chi connectivity index (χ2v) is 7.08. The van der Waals surface area contributed by atoms with Gasteiger partial charge in [0, 0.05) is 41.2 Å². The first-order chi connectivity index (χ1) is 13.9. The number of aryl methyl sites for hydroxylation is 1. The minimum atomic E-state index is 0.323. The Kier molecular flexibility index (Phi) is 10.7. The predicted octanol–water partition coefficient (Wildman–Crippen LogP) is 2.34. The highest BCUT2D eigenvalue weighted by atomic mass is 16.5. The largest absolute Gasteiger partial charge is 0.378 e. The molecule has 29 heavy (non-hydrogen) atoms. The number of aromatic nitrogens is 4. The Balaban J connectivity index is 0.000000223. The number of aromatic amines is 1. The Morgan fingerprint density at radius 1 is 1.48 bits per heavy atom. The number of nitrogens with one attached hydrogen (secondary N) is 2. The van der Waals surface area contributed by atoms with Crippen LogP contribution in [0.25, 0.3) is 0 Å². The Morgan fingerprint density at radius 3 is 2.62 bits per heavy atom. The van der Waals surface area contributed by atoms with Crippen LogP contribution in [0.2, 0.25) is 0 Å². The van der Waals surface area contributed by atoms with Crippen molar-refractivity contribution < 1.29 is 14.3 Å². The van der Waals surface area contributed by atoms with Crippen LogP contribution in [-0.2, 0) is 23.2 Å². The highest BCUT2D eigenvalue weighted by Crippen LogP contribution is 2.42. The zero-order valence-corrected chi connectivity index (χ0v) is 18.3. The number of nitrogens with zero attached hydrogens (tertiary/aromatic N) is 4. The van der Waals surface area contributed by atoms with Crippen LogP contribution < -0.4 is 5.32 Å². The van der Waals surface area contributed by atoms with Crippen molar-refractivity contribution >= 4 is 18.0 Å². The van der Waals surface area contributed by atoms with E-state index in [1.54, 1.807) is 31.3 Å². The van der Waals surface area contributed by atoms with Crippen LogP contribution in [-0.4, -0.2) is 65.3 Å². The summed E-state index contributed by atoms with van der Waals surface area (Å²) in [7, 11) is 8.83. The quantitative estimate of drug-likeness (QED) is 0.684. The molecule has 0 saturated heterocycles. The van der Waals surface area contributed by atoms with Gasteiger partial charge in [0.05, 0.1) is 18.5 Å². The Bertz CT molecular complexity index is 727. The van der Waals surface area contributed by atoms with Crippen LogP contribution in [0.5, 0.6) is 0 Å². The van der Waals surface area contributed by atoms with Gasteiger partial charge in [0.15, 0.2) is 6.29 Å². The third kappa shape index (κ3) is 8.47. The lowest BCUT2D eigenvalue weighted by Gasteiger charge is -2.08. The molecule has 2 aromatic heterocycles. The first-order valence-corrected chi connectivity index (χ1v) is 9.73. The lowest BCUT2D eigenvalue weighted by Crippen LogP contribution is -2.23. The molecule has 1 saturated carbocycles. The van der Waals surface area contributed by atoms with Gasteiger partial charge in [0.1, 0.15) is 11.5 Å². The monoisotopic (exact) mass is 406 g/mol. The summed E-state index contributed by atoms with van der Waals surface area (Å²) in [4.78, 5) is 23.4. The molecular formula is C20H34N6O3. The van der Waals surface area contributed by atoms with Crippen molar-refractivity contribution in [3.05, 3.63) is 29.7 Å². The van der Waals surface area contributed by atoms with Gasteiger partial charge in [0.2, 0.25) is 5.91 Å². The second kappa shape index (κ2) is 12.7. The molecule has 0 spiro atoms. The summed E-state index contributed by atoms with van der Waals surface area (Å²) in [5, 5.41) is 13.4. The molecule has 2 unspecified atom stereocenters. The van der Waals surface area contributed by atoms with E-state index in [0.717, 1.165) is 24.2 Å². The molecule has 2 heterocycles. The first-order valence-electron chi connectivity index (χ1n) is 9.73. The zero-order valence-electron chi connectivity index (χ0n) is 18.3. The molecule has 2 aromatic rings. The van der Waals surface area contributed by atoms with Gasteiger partial charge in [-0.2, -0.15) is 10.2 Å². The average molecular weight is 407 g/mol. The number of carbonyl (C=O) groups excluding carboxylic acids is 2. The van der Waals surface area contributed by atoms with Gasteiger partial charge in [0.25, 0.3) is 0 Å². The van der Waals surface area contributed by atoms with E-state index in [0.29, 0.717) is 30.0 Å². The van der Waals surface area contributed by atoms with Gasteiger partial charge in [-0.15, -0.1) is 0 Å². The molecule has 2 N–H and O–H groups in total. The molecule has 0 bridgehead atoms. The molecule has 1 aliphatic carbocycles. The predicted molar refractivity (Wildman–Crippen MR) is 113 cm³/mol. The zero-order chi connectivity index (χ0) is 21.8. The maximum atomic E-state index is 11.3. The summed E-state index contributed by atoms with van der Waals surface area (Å²) in [5.74, 6) is 2.34. The highest BCUT2D eigenvalue weighted by Gasteiger charge is 2.42. The van der Waals surface area contributed by atoms with Crippen molar-refractivity contribution in [1.82, 2.24) is 24.9 Å². The SMILES string of the molecule is CCCC1CC1C(=O)N(C)C.CNc1ccn[nH]1.COCc1cc(C=O)n(C)n1. The van der Waals surface area contributed by atoms with E-state index in [4.69, 9.17) is 4.74 Å². The molecule has 3 rings (SSSR count). The van der Waals surface area contributed by atoms with Gasteiger partial charge >= 0.3 is 0 Å². The molecule has 9 nitrogen and oxygen atoms in total. The lowest BCUT2D eigenvalue weighted by molar-refractivity contribution is -0.130. The normalized spacial score (nSPS) is 16.6. The molecule has 0 aromatic carbocycles. The van der Waals surface area contributed by atoms with Crippen LogP contribution in [0.4, 0.5) is 5.82 Å². The number of hydrogen-bond acceptors (Lipinski definition) is 6. The summed E-state index contributed by atoms with van der Waals surface area (Å²) in [6, 6.07) is 3.57. The number of carbonyl (C=O) groups is 2. The molecule has 2 atom stereocenters. The van der Waals surface area contributed by atoms with Gasteiger partial charge in [-0.1, -0.05) is 13.3 Å². The van der Waals surface area contributed by atoms with Gasteiger partial charge in [-0.05, 0) is 30.9 Å². The fourth-order valence-corrected chi connectivity index (χ4v) is 2.84. The summed E-state index contributed by atoms with van der Waals surface area (Å²) < 4.78 is 6.38. The molecule has 0 aliphatic heterocycles. The van der Waals surface area contributed by atoms with E-state index in [1.165, 1.54) is 17.5 Å². The third-order valence-electron chi connectivity index (χ3n) is 4.49. The molecule has 1 fully saturated rings. The number of H-pyrrole nitrogens is 1. The number of aldehydes is 1. The van der Waals surface area contributed by atoms with Crippen molar-refractivity contribution in [3.63, 3.8) is 0 Å². The fraction of sp³-hybridized carbons (Fsp3) is 0.600. The molecular weight excluding hydrogens is 372 g/mol. The Morgan fingerprint density at radius 2 is 2.21 bits per heavy atom. The number of amides is 1. The van der Waals surface area contributed by atoms with E-state index in [2.05, 4.69) is 27.5 Å². The molecule has 1 aliphatic rings. The molecule has 1 amide bonds. The van der Waals surface area contributed by atoms with Crippen molar-refractivity contribution in [1.29, 1.82) is 0 Å². The van der Waals surface area contributed by atoms with E-state index >= 15 is 0 Å². The lowest BCUT2D eigenvalue weighted by atomic mass is 10.2. The number of rotatable bonds is 7. The molecule has 162 valence electrons. The summed E-state index contributed by atoms with van der Waals surface area (Å²) in [6.07, 6.45) is 6.04. The maximum Gasteiger partial charge on any atom is 0.225 e. The maximum absolute atomic E-state index is 11.3. The Labute approximate surface area is 172 Å². The van der Waals surface area contributed by atoms with Crippen molar-refractivity contribution in [2.24, 2.45) is 18.9 Å². The summed E-state index contributed by atoms with van der Waals surface area (Å²) in [5.41, 5.74) is 1.34. The van der Waals surface area contributed by atoms with E-state index in [9.17, 15) is 9.59 Å². The van der Waals surface area contributed by atoms with Gasteiger partial charge in [-0.3, -0.25) is 19.4 Å². The van der Waals surface area contributed by atoms with Gasteiger partial charge in [-0.25, -0.2) is 0 Å². The first kappa shape index (κ1) is 24.4. The number of anilines is 1. The minimum Gasteiger partial charge on any atom is -0.378 e. The summed E-state index contributed by atoms with van der Waals surface area (Å²) in [6.45, 7) is 2.62. The van der Waals surface area contributed by atoms with Gasteiger partial charge < -0.3 is 15.0 Å². The van der Waals surface area contributed by atoms with E-state index in [-0.39, 0.29) is 0 Å². The second-order valence-electron chi connectivity index (χ2n) is 7.08. The number of methoxy groups -OCH3 is 1. The third-order valence-corrected chi connectivity index (χ3v) is 4.49. The van der Waals surface area contributed by atoms with E-state index < -0.39 is 0 Å². The Hall–Kier alpha value is -2.68. The number of ether oxygens (including phenoxy) is 1. The number of hydrogen-bond donors (Lipinski definition) is 2. The van der Waals surface area contributed by atoms with Crippen LogP contribution in [0, 0.1) is 11.8 Å². The van der Waals surface area contributed by atoms with Crippen molar-refractivity contribution in [2.45, 2.75) is 32.8 Å². The highest BCUT2D eigenvalue weighted by molar-refractivity contribution is 5.81. The average Bonchev–Trinajstić information content (AvgIpc) is 3.10. The van der Waals surface area contributed by atoms with E-state index in [1.807, 2.05) is 27.2 Å². The summed E-state index contributed by atoms with van der Waals surface area (Å²) >= 11 is 0. The topological polar surface area (TPSA) is 105 Å². The van der Waals surface area contributed by atoms with Crippen LogP contribution in [0.1, 0.15) is 42.4 Å². The molecule has 9 heteroatoms. The van der Waals surface area contributed by atoms with Crippen molar-refractivity contribution in [3.8, 4) is 0 Å². The fourth-order valence-electron chi connectivity index (χ4n) is 2.84. The smallest absolute Gasteiger partial charge is 0.225 e. The van der Waals surface area contributed by atoms with Crippen LogP contribution >= 0.6 is 0 Å². The van der Waals surface area contributed by atoms with Crippen LogP contribution in [0.3, 0.4) is 0 Å². The standard InChI is InChI=1S/C9H17NO.C7H10N2O2.C4H7N3/c1-4-5-7-6-8(7)9(11)10(2)3;1-9-7(4-10)3-6(8-9)5-11-2;1-5-4-2-3-6-7-4/h7-8H,4-6H2,1-3H3;3-4H,5H2,1-2H3;2-3H,1H3,(H2,5,6,7). The minimum absolute atomic E-state index is 0.323.